The summed E-state index contributed by atoms with van der Waals surface area (Å²) in [6, 6.07) is 0. The van der Waals surface area contributed by atoms with Crippen LogP contribution in [0.1, 0.15) is 52.4 Å². The molecule has 0 spiro atoms. The third-order valence-electron chi connectivity index (χ3n) is 4.98. The Morgan fingerprint density at radius 2 is 1.77 bits per heavy atom. The molecule has 0 N–H and O–H groups in total. The molecule has 3 heterocycles. The van der Waals surface area contributed by atoms with Crippen molar-refractivity contribution in [1.29, 1.82) is 0 Å². The molecule has 0 atom stereocenters. The van der Waals surface area contributed by atoms with Gasteiger partial charge in [-0.3, -0.25) is 0 Å². The molecular weight excluding hydrogens is 557 g/mol. The van der Waals surface area contributed by atoms with Gasteiger partial charge in [0.05, 0.1) is 0 Å². The fourth-order valence-electron chi connectivity index (χ4n) is 3.45. The molecule has 3 aliphatic rings. The molecule has 0 bridgehead atoms. The van der Waals surface area contributed by atoms with Gasteiger partial charge >= 0.3 is 182 Å². The van der Waals surface area contributed by atoms with E-state index in [1.807, 2.05) is 18.6 Å². The summed E-state index contributed by atoms with van der Waals surface area (Å²) in [7, 11) is 6.00. The van der Waals surface area contributed by atoms with E-state index in [1.54, 1.807) is 0 Å². The van der Waals surface area contributed by atoms with Crippen molar-refractivity contribution in [2.45, 2.75) is 61.3 Å². The number of likely N-dealkylation sites (tertiary alicyclic amines) is 1. The summed E-state index contributed by atoms with van der Waals surface area (Å²) >= 11 is 9.43. The average Bonchev–Trinajstić information content (AvgIpc) is 3.29. The van der Waals surface area contributed by atoms with Crippen LogP contribution in [0.2, 0.25) is 8.94 Å². The first-order valence-electron chi connectivity index (χ1n) is 9.42. The predicted octanol–water partition coefficient (Wildman–Crippen LogP) is 6.80. The van der Waals surface area contributed by atoms with Gasteiger partial charge in [-0.2, -0.15) is 0 Å². The molecule has 3 rings (SSSR count). The molecule has 0 saturated carbocycles. The predicted molar refractivity (Wildman–Crippen MR) is 130 cm³/mol. The normalized spacial score (nSPS) is 34.2. The summed E-state index contributed by atoms with van der Waals surface area (Å²) in [5.41, 5.74) is -2.03. The van der Waals surface area contributed by atoms with Gasteiger partial charge in [0.1, 0.15) is 0 Å². The van der Waals surface area contributed by atoms with Crippen LogP contribution in [0, 0.1) is 5.41 Å². The van der Waals surface area contributed by atoms with Crippen molar-refractivity contribution in [1.82, 2.24) is 4.90 Å². The maximum absolute atomic E-state index is 6.28. The second-order valence-corrected chi connectivity index (χ2v) is 39.3. The molecule has 0 aliphatic carbocycles. The second-order valence-electron chi connectivity index (χ2n) is 7.60. The second kappa shape index (κ2) is 9.98. The van der Waals surface area contributed by atoms with Gasteiger partial charge in [0.15, 0.2) is 0 Å². The van der Waals surface area contributed by atoms with Crippen LogP contribution >= 0.6 is 44.6 Å². The minimum atomic E-state index is -2.22. The van der Waals surface area contributed by atoms with Crippen molar-refractivity contribution in [3.05, 3.63) is 0 Å². The third kappa shape index (κ3) is 6.09. The molecule has 0 unspecified atom stereocenters. The Labute approximate surface area is 180 Å². The van der Waals surface area contributed by atoms with Crippen LogP contribution in [-0.4, -0.2) is 50.1 Å². The zero-order chi connectivity index (χ0) is 18.7. The molecule has 0 aromatic carbocycles. The van der Waals surface area contributed by atoms with E-state index in [2.05, 4.69) is 26.8 Å². The van der Waals surface area contributed by atoms with Gasteiger partial charge in [-0.15, -0.1) is 0 Å². The van der Waals surface area contributed by atoms with E-state index in [-0.39, 0.29) is 5.41 Å². The average molecular weight is 587 g/mol. The molecule has 152 valence electrons. The van der Waals surface area contributed by atoms with Gasteiger partial charge in [-0.1, -0.05) is 0 Å². The Morgan fingerprint density at radius 1 is 1.15 bits per heavy atom. The van der Waals surface area contributed by atoms with Crippen LogP contribution in [0.5, 0.6) is 0 Å². The van der Waals surface area contributed by atoms with Crippen molar-refractivity contribution in [2.24, 2.45) is 5.41 Å². The molecule has 3 saturated heterocycles. The monoisotopic (exact) mass is 589 g/mol. The molecule has 3 aliphatic heterocycles. The minimum absolute atomic E-state index is 0.146. The molecule has 3 fully saturated rings. The summed E-state index contributed by atoms with van der Waals surface area (Å²) in [4.78, 5) is 2.38. The van der Waals surface area contributed by atoms with Gasteiger partial charge in [0, 0.05) is 0 Å². The summed E-state index contributed by atoms with van der Waals surface area (Å²) in [5, 5.41) is 0. The van der Waals surface area contributed by atoms with E-state index in [4.69, 9.17) is 33.1 Å². The Kier molecular flexibility index (Phi) is 8.77. The quantitative estimate of drug-likeness (QED) is 0.155. The van der Waals surface area contributed by atoms with Crippen molar-refractivity contribution in [3.8, 4) is 0 Å². The molecule has 0 aromatic heterocycles. The van der Waals surface area contributed by atoms with Crippen LogP contribution in [0.25, 0.3) is 0 Å². The van der Waals surface area contributed by atoms with Gasteiger partial charge in [-0.25, -0.2) is 0 Å². The Bertz CT molecular complexity index is 673. The molecular formula is C16H30NO2PS5Te. The van der Waals surface area contributed by atoms with Crippen LogP contribution in [0.4, 0.5) is 0 Å². The molecule has 10 heteroatoms. The van der Waals surface area contributed by atoms with E-state index >= 15 is 0 Å². The fourth-order valence-corrected chi connectivity index (χ4v) is 63.9. The van der Waals surface area contributed by atoms with Gasteiger partial charge in [0.25, 0.3) is 0 Å². The van der Waals surface area contributed by atoms with E-state index in [0.717, 1.165) is 37.0 Å². The molecule has 26 heavy (non-hydrogen) atoms. The van der Waals surface area contributed by atoms with Crippen LogP contribution in [0.15, 0.2) is 0 Å². The number of thiocarbonyl (C=S) groups is 1. The van der Waals surface area contributed by atoms with Crippen LogP contribution in [-0.2, 0) is 20.9 Å². The van der Waals surface area contributed by atoms with Gasteiger partial charge < -0.3 is 0 Å². The number of rotatable bonds is 3. The topological polar surface area (TPSA) is 21.7 Å². The van der Waals surface area contributed by atoms with E-state index < -0.39 is 20.3 Å². The van der Waals surface area contributed by atoms with E-state index in [9.17, 15) is 0 Å². The Balaban J connectivity index is 1.69. The number of hydrogen-bond acceptors (Lipinski definition) is 6. The zero-order valence-corrected chi connectivity index (χ0v) is 23.0. The summed E-state index contributed by atoms with van der Waals surface area (Å²) in [6.07, 6.45) is 7.58. The van der Waals surface area contributed by atoms with Crippen LogP contribution < -0.4 is 0 Å². The molecule has 0 radical (unpaired) electrons. The molecule has 0 amide bonds. The first-order valence-corrected chi connectivity index (χ1v) is 24.9. The fraction of sp³-hybridized carbons (Fsp3) is 0.938. The maximum atomic E-state index is 6.28. The third-order valence-corrected chi connectivity index (χ3v) is 52.1. The van der Waals surface area contributed by atoms with Gasteiger partial charge in [0.2, 0.25) is 0 Å². The van der Waals surface area contributed by atoms with Crippen LogP contribution in [0.3, 0.4) is 0 Å². The Morgan fingerprint density at radius 3 is 2.35 bits per heavy atom. The van der Waals surface area contributed by atoms with E-state index in [1.165, 1.54) is 41.0 Å². The molecule has 0 aromatic rings. The zero-order valence-electron chi connectivity index (χ0n) is 15.6. The van der Waals surface area contributed by atoms with Crippen molar-refractivity contribution < 1.29 is 9.05 Å². The summed E-state index contributed by atoms with van der Waals surface area (Å²) in [6.45, 7) is 8.32. The Hall–Kier alpha value is 2.17. The summed E-state index contributed by atoms with van der Waals surface area (Å²) in [5.74, 6) is 0. The van der Waals surface area contributed by atoms with Gasteiger partial charge in [-0.05, 0) is 0 Å². The SMILES string of the molecule is CCCC1(C)COP(=S)(S#[Te]2(SSC(=S)N3CCCC3)CCCC2)OC1. The number of nitrogens with zero attached hydrogens (tertiary/aromatic N) is 1. The first-order chi connectivity index (χ1) is 12.4. The number of hydrogen-bond donors (Lipinski definition) is 0. The molecule has 3 nitrogen and oxygen atoms in total. The van der Waals surface area contributed by atoms with Crippen molar-refractivity contribution in [3.63, 3.8) is 0 Å². The standard InChI is InChI=1S/C16H30NO2PS5Te/c1-3-8-16(2)13-18-20(22,19-14-16)24-26(11-6-7-12-26)25-23-15(21)17-9-4-5-10-17/h3-14H2,1-2H3. The van der Waals surface area contributed by atoms with Crippen molar-refractivity contribution in [2.75, 3.05) is 26.3 Å². The summed E-state index contributed by atoms with van der Waals surface area (Å²) < 4.78 is 16.4. The first kappa shape index (κ1) is 22.8. The van der Waals surface area contributed by atoms with Crippen molar-refractivity contribution >= 4 is 75.3 Å². The van der Waals surface area contributed by atoms with E-state index in [0.29, 0.717) is 0 Å².